The van der Waals surface area contributed by atoms with Crippen molar-refractivity contribution in [1.82, 2.24) is 19.6 Å². The second-order valence-electron chi connectivity index (χ2n) is 13.1. The van der Waals surface area contributed by atoms with Crippen molar-refractivity contribution in [1.29, 1.82) is 0 Å². The molecule has 48 heavy (non-hydrogen) atoms. The molecule has 3 aliphatic heterocycles. The van der Waals surface area contributed by atoms with Crippen molar-refractivity contribution in [2.24, 2.45) is 4.99 Å². The number of hydrogen-bond donors (Lipinski definition) is 0. The number of benzene rings is 3. The summed E-state index contributed by atoms with van der Waals surface area (Å²) in [5.41, 5.74) is 1.58. The predicted octanol–water partition coefficient (Wildman–Crippen LogP) is 6.87. The molecule has 3 aromatic carbocycles. The highest BCUT2D eigenvalue weighted by atomic mass is 35.5. The van der Waals surface area contributed by atoms with E-state index >= 15 is 0 Å². The summed E-state index contributed by atoms with van der Waals surface area (Å²) in [7, 11) is 1.61. The first-order chi connectivity index (χ1) is 23.1. The van der Waals surface area contributed by atoms with E-state index in [1.807, 2.05) is 95.3 Å². The minimum atomic E-state index is -0.900. The van der Waals surface area contributed by atoms with Crippen LogP contribution in [0.15, 0.2) is 71.7 Å². The number of urea groups is 1. The first-order valence-corrected chi connectivity index (χ1v) is 17.4. The Morgan fingerprint density at radius 3 is 2.10 bits per heavy atom. The highest BCUT2D eigenvalue weighted by Gasteiger charge is 2.52. The van der Waals surface area contributed by atoms with Crippen molar-refractivity contribution in [3.63, 3.8) is 0 Å². The Bertz CT molecular complexity index is 1650. The van der Waals surface area contributed by atoms with E-state index in [0.717, 1.165) is 37.1 Å². The van der Waals surface area contributed by atoms with E-state index < -0.39 is 11.6 Å². The van der Waals surface area contributed by atoms with E-state index in [1.165, 1.54) is 0 Å². The zero-order valence-electron chi connectivity index (χ0n) is 28.0. The summed E-state index contributed by atoms with van der Waals surface area (Å²) in [6, 6.07) is 20.2. The van der Waals surface area contributed by atoms with Crippen molar-refractivity contribution < 1.29 is 19.1 Å². The number of carbonyl (C=O) groups excluding carboxylic acids is 2. The first-order valence-electron chi connectivity index (χ1n) is 16.6. The minimum Gasteiger partial charge on any atom is -0.497 e. The van der Waals surface area contributed by atoms with Gasteiger partial charge in [-0.05, 0) is 81.1 Å². The molecule has 3 amide bonds. The molecule has 254 valence electrons. The summed E-state index contributed by atoms with van der Waals surface area (Å²) < 4.78 is 11.9. The van der Waals surface area contributed by atoms with Crippen LogP contribution in [0.3, 0.4) is 0 Å². The van der Waals surface area contributed by atoms with E-state index in [2.05, 4.69) is 11.8 Å². The summed E-state index contributed by atoms with van der Waals surface area (Å²) in [6.45, 7) is 10.2. The number of halogens is 2. The van der Waals surface area contributed by atoms with Gasteiger partial charge in [-0.2, -0.15) is 0 Å². The third-order valence-corrected chi connectivity index (χ3v) is 9.93. The Kier molecular flexibility index (Phi) is 10.2. The highest BCUT2D eigenvalue weighted by molar-refractivity contribution is 6.30. The number of carbonyl (C=O) groups is 2. The zero-order chi connectivity index (χ0) is 34.0. The molecule has 2 atom stereocenters. The molecule has 0 N–H and O–H groups in total. The molecule has 0 radical (unpaired) electrons. The third kappa shape index (κ3) is 7.00. The Hall–Kier alpha value is -3.79. The van der Waals surface area contributed by atoms with Crippen molar-refractivity contribution in [3.05, 3.63) is 93.5 Å². The fourth-order valence-corrected chi connectivity index (χ4v) is 7.15. The van der Waals surface area contributed by atoms with Gasteiger partial charge in [0.2, 0.25) is 5.91 Å². The fraction of sp³-hybridized carbons (Fsp3) is 0.432. The number of piperazine rings is 1. The number of nitrogens with zero attached hydrogens (tertiary/aromatic N) is 5. The molecule has 0 saturated carbocycles. The van der Waals surface area contributed by atoms with Gasteiger partial charge in [0.25, 0.3) is 0 Å². The number of aliphatic imine (C=N–C) groups is 1. The number of rotatable bonds is 8. The van der Waals surface area contributed by atoms with Crippen LogP contribution in [-0.2, 0) is 10.3 Å². The number of amidine groups is 1. The van der Waals surface area contributed by atoms with Gasteiger partial charge in [0, 0.05) is 55.4 Å². The van der Waals surface area contributed by atoms with Gasteiger partial charge in [0.05, 0.1) is 31.4 Å². The molecule has 3 aromatic rings. The molecule has 2 saturated heterocycles. The lowest BCUT2D eigenvalue weighted by molar-refractivity contribution is -0.131. The largest absolute Gasteiger partial charge is 0.497 e. The van der Waals surface area contributed by atoms with E-state index in [1.54, 1.807) is 7.11 Å². The fourth-order valence-electron chi connectivity index (χ4n) is 6.90. The number of amides is 3. The zero-order valence-corrected chi connectivity index (χ0v) is 29.5. The maximum Gasteiger partial charge on any atom is 0.326 e. The van der Waals surface area contributed by atoms with E-state index in [4.69, 9.17) is 37.7 Å². The average Bonchev–Trinajstić information content (AvgIpc) is 3.73. The van der Waals surface area contributed by atoms with Gasteiger partial charge >= 0.3 is 6.03 Å². The van der Waals surface area contributed by atoms with Crippen molar-refractivity contribution in [3.8, 4) is 11.5 Å². The monoisotopic (exact) mass is 691 g/mol. The van der Waals surface area contributed by atoms with Crippen LogP contribution in [0.5, 0.6) is 11.5 Å². The van der Waals surface area contributed by atoms with Crippen molar-refractivity contribution >= 4 is 41.0 Å². The summed E-state index contributed by atoms with van der Waals surface area (Å²) in [5.74, 6) is 1.88. The van der Waals surface area contributed by atoms with Crippen LogP contribution in [-0.4, -0.2) is 96.4 Å². The predicted molar refractivity (Wildman–Crippen MR) is 189 cm³/mol. The Labute approximate surface area is 293 Å². The highest BCUT2D eigenvalue weighted by Crippen LogP contribution is 2.50. The maximum absolute atomic E-state index is 15.0. The van der Waals surface area contributed by atoms with Crippen LogP contribution in [0.2, 0.25) is 10.0 Å². The lowest BCUT2D eigenvalue weighted by atomic mass is 9.81. The number of likely N-dealkylation sites (tertiary alicyclic amines) is 1. The van der Waals surface area contributed by atoms with Gasteiger partial charge in [-0.3, -0.25) is 19.6 Å². The van der Waals surface area contributed by atoms with Gasteiger partial charge in [-0.25, -0.2) is 4.79 Å². The number of methoxy groups -OCH3 is 1. The van der Waals surface area contributed by atoms with E-state index in [0.29, 0.717) is 65.7 Å². The second kappa shape index (κ2) is 14.4. The standard InChI is InChI=1S/C37H43Cl2N5O4/c1-25(2)48-32-23-30(47-4)15-16-31(32)35-40-37(3,27-9-13-29(39)14-10-27)34(26-7-11-28(38)12-8-26)44(35)36(46)43-21-19-41(20-22-43)24-33(45)42-17-5-6-18-42/h7-16,23,25,34H,5-6,17-22,24H2,1-4H3/t34-,37+/m1/s1. The molecule has 0 aromatic heterocycles. The molecule has 0 spiro atoms. The Balaban J connectivity index is 1.41. The van der Waals surface area contributed by atoms with Crippen molar-refractivity contribution in [2.75, 3.05) is 52.9 Å². The van der Waals surface area contributed by atoms with Crippen LogP contribution >= 0.6 is 23.2 Å². The smallest absolute Gasteiger partial charge is 0.326 e. The first kappa shape index (κ1) is 34.1. The van der Waals surface area contributed by atoms with Gasteiger partial charge in [0.15, 0.2) is 0 Å². The maximum atomic E-state index is 15.0. The number of hydrogen-bond acceptors (Lipinski definition) is 6. The summed E-state index contributed by atoms with van der Waals surface area (Å²) in [4.78, 5) is 41.1. The molecule has 0 unspecified atom stereocenters. The van der Waals surface area contributed by atoms with Crippen LogP contribution in [0.1, 0.15) is 56.3 Å². The topological polar surface area (TPSA) is 77.9 Å². The number of ether oxygens (including phenoxy) is 2. The van der Waals surface area contributed by atoms with Gasteiger partial charge in [0.1, 0.15) is 22.9 Å². The Morgan fingerprint density at radius 2 is 1.50 bits per heavy atom. The quantitative estimate of drug-likeness (QED) is 0.258. The summed E-state index contributed by atoms with van der Waals surface area (Å²) in [5, 5.41) is 1.22. The third-order valence-electron chi connectivity index (χ3n) is 9.43. The minimum absolute atomic E-state index is 0.131. The molecular formula is C37H43Cl2N5O4. The normalized spacial score (nSPS) is 21.5. The molecule has 6 rings (SSSR count). The van der Waals surface area contributed by atoms with E-state index in [9.17, 15) is 9.59 Å². The van der Waals surface area contributed by atoms with Crippen LogP contribution in [0.4, 0.5) is 4.79 Å². The van der Waals surface area contributed by atoms with Crippen LogP contribution < -0.4 is 9.47 Å². The summed E-state index contributed by atoms with van der Waals surface area (Å²) in [6.07, 6.45) is 2.00. The van der Waals surface area contributed by atoms with Gasteiger partial charge < -0.3 is 19.3 Å². The molecule has 3 heterocycles. The molecule has 3 aliphatic rings. The average molecular weight is 693 g/mol. The molecular weight excluding hydrogens is 649 g/mol. The summed E-state index contributed by atoms with van der Waals surface area (Å²) >= 11 is 12.7. The molecule has 0 aliphatic carbocycles. The van der Waals surface area contributed by atoms with Crippen LogP contribution in [0.25, 0.3) is 0 Å². The SMILES string of the molecule is COc1ccc(C2=N[C@@](C)(c3ccc(Cl)cc3)[C@@H](c3ccc(Cl)cc3)N2C(=O)N2CCN(CC(=O)N3CCCC3)CC2)c(OC(C)C)c1. The molecule has 2 fully saturated rings. The molecule has 11 heteroatoms. The lowest BCUT2D eigenvalue weighted by Gasteiger charge is -2.40. The van der Waals surface area contributed by atoms with Crippen LogP contribution in [0, 0.1) is 0 Å². The second-order valence-corrected chi connectivity index (χ2v) is 13.9. The van der Waals surface area contributed by atoms with E-state index in [-0.39, 0.29) is 18.0 Å². The molecule has 0 bridgehead atoms. The van der Waals surface area contributed by atoms with Gasteiger partial charge in [-0.1, -0.05) is 47.5 Å². The lowest BCUT2D eigenvalue weighted by Crippen LogP contribution is -2.56. The van der Waals surface area contributed by atoms with Gasteiger partial charge in [-0.15, -0.1) is 0 Å². The van der Waals surface area contributed by atoms with Crippen molar-refractivity contribution in [2.45, 2.75) is 51.3 Å². The Morgan fingerprint density at radius 1 is 0.875 bits per heavy atom. The molecule has 9 nitrogen and oxygen atoms in total.